The summed E-state index contributed by atoms with van der Waals surface area (Å²) >= 11 is 5.92. The van der Waals surface area contributed by atoms with Gasteiger partial charge < -0.3 is 5.73 Å². The van der Waals surface area contributed by atoms with E-state index in [2.05, 4.69) is 19.1 Å². The summed E-state index contributed by atoms with van der Waals surface area (Å²) in [7, 11) is 0. The van der Waals surface area contributed by atoms with Crippen molar-refractivity contribution in [2.24, 2.45) is 11.7 Å². The maximum Gasteiger partial charge on any atom is 0.0406 e. The van der Waals surface area contributed by atoms with E-state index in [1.54, 1.807) is 0 Å². The van der Waals surface area contributed by atoms with Crippen molar-refractivity contribution < 1.29 is 0 Å². The summed E-state index contributed by atoms with van der Waals surface area (Å²) in [5.74, 6) is 0.889. The molecule has 100 valence electrons. The van der Waals surface area contributed by atoms with E-state index in [0.717, 1.165) is 30.2 Å². The molecule has 1 aromatic rings. The van der Waals surface area contributed by atoms with Gasteiger partial charge in [-0.15, -0.1) is 0 Å². The van der Waals surface area contributed by atoms with Crippen molar-refractivity contribution in [1.29, 1.82) is 0 Å². The second-order valence-corrected chi connectivity index (χ2v) is 6.31. The van der Waals surface area contributed by atoms with Gasteiger partial charge in [-0.3, -0.25) is 0 Å². The third-order valence-electron chi connectivity index (χ3n) is 4.38. The number of benzene rings is 1. The summed E-state index contributed by atoms with van der Waals surface area (Å²) in [5.41, 5.74) is 7.93. The molecular weight excluding hydrogens is 242 g/mol. The molecule has 0 amide bonds. The first-order chi connectivity index (χ1) is 8.61. The van der Waals surface area contributed by atoms with E-state index >= 15 is 0 Å². The fourth-order valence-corrected chi connectivity index (χ4v) is 3.22. The van der Waals surface area contributed by atoms with Crippen LogP contribution in [0.5, 0.6) is 0 Å². The normalized spacial score (nSPS) is 28.9. The van der Waals surface area contributed by atoms with Crippen molar-refractivity contribution in [3.8, 4) is 0 Å². The Morgan fingerprint density at radius 3 is 2.61 bits per heavy atom. The number of rotatable bonds is 3. The van der Waals surface area contributed by atoms with E-state index in [1.807, 2.05) is 12.1 Å². The minimum Gasteiger partial charge on any atom is -0.325 e. The summed E-state index contributed by atoms with van der Waals surface area (Å²) in [6.45, 7) is 2.30. The fourth-order valence-electron chi connectivity index (χ4n) is 3.10. The van der Waals surface area contributed by atoms with Gasteiger partial charge in [0.15, 0.2) is 0 Å². The molecule has 0 heterocycles. The molecule has 0 spiro atoms. The maximum absolute atomic E-state index is 6.61. The van der Waals surface area contributed by atoms with E-state index in [9.17, 15) is 0 Å². The Labute approximate surface area is 116 Å². The molecule has 1 aromatic carbocycles. The predicted molar refractivity (Wildman–Crippen MR) is 78.9 cm³/mol. The first-order valence-electron chi connectivity index (χ1n) is 7.15. The number of nitrogens with two attached hydrogens (primary N) is 1. The average Bonchev–Trinajstić information content (AvgIpc) is 2.54. The Morgan fingerprint density at radius 1 is 1.22 bits per heavy atom. The van der Waals surface area contributed by atoms with Gasteiger partial charge >= 0.3 is 0 Å². The molecule has 1 nitrogen and oxygen atoms in total. The van der Waals surface area contributed by atoms with Gasteiger partial charge in [0.05, 0.1) is 0 Å². The number of hydrogen-bond donors (Lipinski definition) is 1. The van der Waals surface area contributed by atoms with Crippen molar-refractivity contribution in [3.05, 3.63) is 34.9 Å². The SMILES string of the molecule is CCC1CCCC(N)(Cc2ccc(Cl)cc2)CC1. The first kappa shape index (κ1) is 13.9. The van der Waals surface area contributed by atoms with E-state index < -0.39 is 0 Å². The standard InChI is InChI=1S/C16H24ClN/c1-2-13-4-3-10-16(18,11-9-13)12-14-5-7-15(17)8-6-14/h5-8,13H,2-4,9-12,18H2,1H3. The van der Waals surface area contributed by atoms with Crippen LogP contribution in [0.1, 0.15) is 51.0 Å². The lowest BCUT2D eigenvalue weighted by Gasteiger charge is -2.28. The topological polar surface area (TPSA) is 26.0 Å². The molecule has 0 bridgehead atoms. The minimum atomic E-state index is -0.00223. The van der Waals surface area contributed by atoms with Gasteiger partial charge in [0.25, 0.3) is 0 Å². The molecular formula is C16H24ClN. The van der Waals surface area contributed by atoms with Crippen LogP contribution in [0.3, 0.4) is 0 Å². The van der Waals surface area contributed by atoms with Crippen molar-refractivity contribution in [1.82, 2.24) is 0 Å². The van der Waals surface area contributed by atoms with Crippen LogP contribution in [0.25, 0.3) is 0 Å². The van der Waals surface area contributed by atoms with Crippen molar-refractivity contribution >= 4 is 11.6 Å². The molecule has 2 unspecified atom stereocenters. The van der Waals surface area contributed by atoms with Crippen LogP contribution in [0.15, 0.2) is 24.3 Å². The molecule has 1 fully saturated rings. The van der Waals surface area contributed by atoms with Gasteiger partial charge in [0.2, 0.25) is 0 Å². The van der Waals surface area contributed by atoms with Crippen molar-refractivity contribution in [2.45, 2.75) is 57.4 Å². The predicted octanol–water partition coefficient (Wildman–Crippen LogP) is 4.57. The van der Waals surface area contributed by atoms with Crippen molar-refractivity contribution in [2.75, 3.05) is 0 Å². The monoisotopic (exact) mass is 265 g/mol. The first-order valence-corrected chi connectivity index (χ1v) is 7.52. The third kappa shape index (κ3) is 3.73. The van der Waals surface area contributed by atoms with Crippen LogP contribution >= 0.6 is 11.6 Å². The van der Waals surface area contributed by atoms with Crippen LogP contribution in [0.4, 0.5) is 0 Å². The number of hydrogen-bond acceptors (Lipinski definition) is 1. The zero-order chi connectivity index (χ0) is 13.0. The minimum absolute atomic E-state index is 0.00223. The van der Waals surface area contributed by atoms with E-state index in [4.69, 9.17) is 17.3 Å². The van der Waals surface area contributed by atoms with Gasteiger partial charge in [-0.05, 0) is 49.3 Å². The highest BCUT2D eigenvalue weighted by Crippen LogP contribution is 2.32. The molecule has 0 aliphatic heterocycles. The lowest BCUT2D eigenvalue weighted by molar-refractivity contribution is 0.358. The second kappa shape index (κ2) is 6.08. The lowest BCUT2D eigenvalue weighted by atomic mass is 9.84. The van der Waals surface area contributed by atoms with E-state index in [0.29, 0.717) is 0 Å². The number of halogens is 1. The molecule has 18 heavy (non-hydrogen) atoms. The molecule has 2 N–H and O–H groups in total. The van der Waals surface area contributed by atoms with E-state index in [-0.39, 0.29) is 5.54 Å². The molecule has 1 saturated carbocycles. The van der Waals surface area contributed by atoms with Gasteiger partial charge in [0.1, 0.15) is 0 Å². The highest BCUT2D eigenvalue weighted by Gasteiger charge is 2.28. The Bertz CT molecular complexity index is 373. The Kier molecular flexibility index (Phi) is 4.69. The molecule has 1 aliphatic carbocycles. The third-order valence-corrected chi connectivity index (χ3v) is 4.64. The Morgan fingerprint density at radius 2 is 1.94 bits per heavy atom. The Balaban J connectivity index is 2.00. The summed E-state index contributed by atoms with van der Waals surface area (Å²) < 4.78 is 0. The fraction of sp³-hybridized carbons (Fsp3) is 0.625. The molecule has 0 aromatic heterocycles. The Hall–Kier alpha value is -0.530. The lowest BCUT2D eigenvalue weighted by Crippen LogP contribution is -2.41. The van der Waals surface area contributed by atoms with Crippen LogP contribution in [-0.4, -0.2) is 5.54 Å². The zero-order valence-corrected chi connectivity index (χ0v) is 12.0. The molecule has 1 aliphatic rings. The summed E-state index contributed by atoms with van der Waals surface area (Å²) in [4.78, 5) is 0. The molecule has 2 heteroatoms. The van der Waals surface area contributed by atoms with Gasteiger partial charge in [-0.2, -0.15) is 0 Å². The van der Waals surface area contributed by atoms with Crippen LogP contribution < -0.4 is 5.73 Å². The highest BCUT2D eigenvalue weighted by molar-refractivity contribution is 6.30. The average molecular weight is 266 g/mol. The smallest absolute Gasteiger partial charge is 0.0406 e. The largest absolute Gasteiger partial charge is 0.325 e. The summed E-state index contributed by atoms with van der Waals surface area (Å²) in [6.07, 6.45) is 8.54. The quantitative estimate of drug-likeness (QED) is 0.796. The van der Waals surface area contributed by atoms with E-state index in [1.165, 1.54) is 31.2 Å². The zero-order valence-electron chi connectivity index (χ0n) is 11.3. The highest BCUT2D eigenvalue weighted by atomic mass is 35.5. The molecule has 0 radical (unpaired) electrons. The van der Waals surface area contributed by atoms with Crippen molar-refractivity contribution in [3.63, 3.8) is 0 Å². The summed E-state index contributed by atoms with van der Waals surface area (Å²) in [6, 6.07) is 8.15. The van der Waals surface area contributed by atoms with Crippen LogP contribution in [0.2, 0.25) is 5.02 Å². The second-order valence-electron chi connectivity index (χ2n) is 5.87. The van der Waals surface area contributed by atoms with Gasteiger partial charge in [0, 0.05) is 10.6 Å². The summed E-state index contributed by atoms with van der Waals surface area (Å²) in [5, 5.41) is 0.803. The van der Waals surface area contributed by atoms with Crippen LogP contribution in [0, 0.1) is 5.92 Å². The maximum atomic E-state index is 6.61. The van der Waals surface area contributed by atoms with Gasteiger partial charge in [-0.1, -0.05) is 49.9 Å². The molecule has 2 rings (SSSR count). The van der Waals surface area contributed by atoms with Crippen LogP contribution in [-0.2, 0) is 6.42 Å². The molecule has 0 saturated heterocycles. The van der Waals surface area contributed by atoms with Gasteiger partial charge in [-0.25, -0.2) is 0 Å². The molecule has 2 atom stereocenters.